The van der Waals surface area contributed by atoms with Gasteiger partial charge < -0.3 is 14.6 Å². The van der Waals surface area contributed by atoms with Crippen molar-refractivity contribution in [1.82, 2.24) is 14.5 Å². The van der Waals surface area contributed by atoms with E-state index in [2.05, 4.69) is 46.6 Å². The molecular weight excluding hydrogens is 298 g/mol. The fourth-order valence-electron chi connectivity index (χ4n) is 3.74. The maximum atomic E-state index is 10.7. The van der Waals surface area contributed by atoms with Crippen molar-refractivity contribution in [3.8, 4) is 0 Å². The molecule has 1 aliphatic heterocycles. The van der Waals surface area contributed by atoms with Crippen molar-refractivity contribution < 1.29 is 5.11 Å². The van der Waals surface area contributed by atoms with Crippen molar-refractivity contribution in [3.63, 3.8) is 0 Å². The van der Waals surface area contributed by atoms with Gasteiger partial charge in [0.15, 0.2) is 0 Å². The molecule has 24 heavy (non-hydrogen) atoms. The largest absolute Gasteiger partial charge is 0.385 e. The lowest BCUT2D eigenvalue weighted by molar-refractivity contribution is 0.150. The molecule has 0 radical (unpaired) electrons. The molecule has 1 aliphatic rings. The van der Waals surface area contributed by atoms with Crippen LogP contribution in [0.1, 0.15) is 28.6 Å². The molecule has 3 aromatic rings. The number of aryl methyl sites for hydroxylation is 1. The zero-order valence-electron chi connectivity index (χ0n) is 14.2. The monoisotopic (exact) mass is 321 g/mol. The Morgan fingerprint density at radius 1 is 1.25 bits per heavy atom. The van der Waals surface area contributed by atoms with Gasteiger partial charge in [-0.1, -0.05) is 17.7 Å². The first-order valence-corrected chi connectivity index (χ1v) is 8.51. The zero-order valence-corrected chi connectivity index (χ0v) is 14.2. The molecule has 1 N–H and O–H groups in total. The summed E-state index contributed by atoms with van der Waals surface area (Å²) in [5, 5.41) is 12.0. The summed E-state index contributed by atoms with van der Waals surface area (Å²) in [6, 6.07) is 12.3. The molecule has 2 aromatic heterocycles. The number of hydrogen-bond donors (Lipinski definition) is 1. The van der Waals surface area contributed by atoms with E-state index in [4.69, 9.17) is 0 Å². The fraction of sp³-hybridized carbons (Fsp3) is 0.350. The second-order valence-corrected chi connectivity index (χ2v) is 6.81. The number of rotatable bonds is 3. The molecule has 4 heteroatoms. The summed E-state index contributed by atoms with van der Waals surface area (Å²) < 4.78 is 2.29. The third-order valence-corrected chi connectivity index (χ3v) is 4.99. The van der Waals surface area contributed by atoms with Crippen LogP contribution in [0.4, 0.5) is 0 Å². The third kappa shape index (κ3) is 2.62. The first-order chi connectivity index (χ1) is 11.6. The highest BCUT2D eigenvalue weighted by Gasteiger charge is 2.24. The summed E-state index contributed by atoms with van der Waals surface area (Å²) in [7, 11) is 2.16. The van der Waals surface area contributed by atoms with Crippen LogP contribution >= 0.6 is 0 Å². The molecule has 3 heterocycles. The van der Waals surface area contributed by atoms with Gasteiger partial charge in [-0.2, -0.15) is 0 Å². The van der Waals surface area contributed by atoms with Crippen LogP contribution in [0.2, 0.25) is 0 Å². The topological polar surface area (TPSA) is 41.3 Å². The smallest absolute Gasteiger partial charge is 0.114 e. The van der Waals surface area contributed by atoms with Crippen molar-refractivity contribution >= 4 is 10.9 Å². The molecule has 0 saturated heterocycles. The van der Waals surface area contributed by atoms with Crippen molar-refractivity contribution in [1.29, 1.82) is 0 Å². The Morgan fingerprint density at radius 2 is 2.12 bits per heavy atom. The Morgan fingerprint density at radius 3 is 2.92 bits per heavy atom. The van der Waals surface area contributed by atoms with Crippen molar-refractivity contribution in [2.45, 2.75) is 32.5 Å². The van der Waals surface area contributed by atoms with Gasteiger partial charge in [0.2, 0.25) is 0 Å². The Hall–Kier alpha value is -2.17. The molecule has 0 spiro atoms. The highest BCUT2D eigenvalue weighted by atomic mass is 16.3. The molecule has 1 atom stereocenters. The van der Waals surface area contributed by atoms with Crippen LogP contribution in [0.15, 0.2) is 42.6 Å². The third-order valence-electron chi connectivity index (χ3n) is 4.99. The van der Waals surface area contributed by atoms with Gasteiger partial charge in [0.1, 0.15) is 6.10 Å². The van der Waals surface area contributed by atoms with Gasteiger partial charge in [0, 0.05) is 35.9 Å². The number of hydrogen-bond acceptors (Lipinski definition) is 3. The van der Waals surface area contributed by atoms with Gasteiger partial charge in [-0.3, -0.25) is 4.98 Å². The number of nitrogens with zero attached hydrogens (tertiary/aromatic N) is 3. The summed E-state index contributed by atoms with van der Waals surface area (Å²) in [5.74, 6) is 0. The second kappa shape index (κ2) is 6.04. The lowest BCUT2D eigenvalue weighted by atomic mass is 10.0. The Labute approximate surface area is 142 Å². The maximum Gasteiger partial charge on any atom is 0.114 e. The molecule has 0 bridgehead atoms. The Balaban J connectivity index is 1.81. The summed E-state index contributed by atoms with van der Waals surface area (Å²) in [6.45, 7) is 4.70. The van der Waals surface area contributed by atoms with Crippen LogP contribution in [0.3, 0.4) is 0 Å². The van der Waals surface area contributed by atoms with Crippen molar-refractivity contribution in [2.75, 3.05) is 13.6 Å². The average Bonchev–Trinajstić information content (AvgIpc) is 2.88. The normalized spacial score (nSPS) is 16.3. The number of aliphatic hydroxyl groups excluding tert-OH is 1. The Kier molecular flexibility index (Phi) is 3.87. The SMILES string of the molecule is Cc1ccc2c(c1)c1c(n2CC(O)c2ccccn2)CN(C)CC1. The Bertz CT molecular complexity index is 869. The number of aromatic nitrogens is 2. The number of pyridine rings is 1. The van der Waals surface area contributed by atoms with Crippen molar-refractivity contribution in [3.05, 3.63) is 65.1 Å². The zero-order chi connectivity index (χ0) is 16.7. The van der Waals surface area contributed by atoms with Gasteiger partial charge in [-0.25, -0.2) is 0 Å². The number of benzene rings is 1. The van der Waals surface area contributed by atoms with Gasteiger partial charge in [-0.05, 0) is 50.2 Å². The minimum absolute atomic E-state index is 0.541. The second-order valence-electron chi connectivity index (χ2n) is 6.81. The van der Waals surface area contributed by atoms with Gasteiger partial charge in [0.25, 0.3) is 0 Å². The van der Waals surface area contributed by atoms with Crippen LogP contribution in [0, 0.1) is 6.92 Å². The maximum absolute atomic E-state index is 10.7. The van der Waals surface area contributed by atoms with Crippen LogP contribution < -0.4 is 0 Å². The molecule has 1 unspecified atom stereocenters. The van der Waals surface area contributed by atoms with Crippen LogP contribution in [-0.4, -0.2) is 33.1 Å². The molecule has 0 aliphatic carbocycles. The molecule has 0 amide bonds. The molecular formula is C20H23N3O. The van der Waals surface area contributed by atoms with E-state index < -0.39 is 6.10 Å². The summed E-state index contributed by atoms with van der Waals surface area (Å²) >= 11 is 0. The molecule has 1 aromatic carbocycles. The van der Waals surface area contributed by atoms with Crippen LogP contribution in [0.5, 0.6) is 0 Å². The number of likely N-dealkylation sites (N-methyl/N-ethyl adjacent to an activating group) is 1. The number of fused-ring (bicyclic) bond motifs is 3. The highest BCUT2D eigenvalue weighted by Crippen LogP contribution is 2.32. The van der Waals surface area contributed by atoms with Gasteiger partial charge >= 0.3 is 0 Å². The molecule has 4 nitrogen and oxygen atoms in total. The van der Waals surface area contributed by atoms with E-state index in [0.29, 0.717) is 6.54 Å². The van der Waals surface area contributed by atoms with Crippen LogP contribution in [0.25, 0.3) is 10.9 Å². The molecule has 0 fully saturated rings. The van der Waals surface area contributed by atoms with E-state index in [0.717, 1.165) is 25.2 Å². The van der Waals surface area contributed by atoms with Crippen LogP contribution in [-0.2, 0) is 19.5 Å². The summed E-state index contributed by atoms with van der Waals surface area (Å²) in [5.41, 5.74) is 6.01. The average molecular weight is 321 g/mol. The lowest BCUT2D eigenvalue weighted by Crippen LogP contribution is -2.28. The first kappa shape index (κ1) is 15.4. The first-order valence-electron chi connectivity index (χ1n) is 8.51. The molecule has 4 rings (SSSR count). The van der Waals surface area contributed by atoms with Crippen molar-refractivity contribution in [2.24, 2.45) is 0 Å². The highest BCUT2D eigenvalue weighted by molar-refractivity contribution is 5.86. The number of aliphatic hydroxyl groups is 1. The van der Waals surface area contributed by atoms with E-state index in [9.17, 15) is 5.11 Å². The van der Waals surface area contributed by atoms with Gasteiger partial charge in [0.05, 0.1) is 12.2 Å². The molecule has 124 valence electrons. The lowest BCUT2D eigenvalue weighted by Gasteiger charge is -2.25. The van der Waals surface area contributed by atoms with E-state index in [1.54, 1.807) is 6.20 Å². The minimum atomic E-state index is -0.598. The van der Waals surface area contributed by atoms with Gasteiger partial charge in [-0.15, -0.1) is 0 Å². The summed E-state index contributed by atoms with van der Waals surface area (Å²) in [4.78, 5) is 6.65. The predicted molar refractivity (Wildman–Crippen MR) is 95.9 cm³/mol. The summed E-state index contributed by atoms with van der Waals surface area (Å²) in [6.07, 6.45) is 2.21. The van der Waals surface area contributed by atoms with E-state index in [1.807, 2.05) is 18.2 Å². The quantitative estimate of drug-likeness (QED) is 0.806. The van der Waals surface area contributed by atoms with E-state index in [-0.39, 0.29) is 0 Å². The standard InChI is InChI=1S/C20H23N3O/c1-14-6-7-18-16(11-14)15-8-10-22(2)12-19(15)23(18)13-20(24)17-5-3-4-9-21-17/h3-7,9,11,20,24H,8,10,12-13H2,1-2H3. The molecule has 0 saturated carbocycles. The fourth-order valence-corrected chi connectivity index (χ4v) is 3.74. The minimum Gasteiger partial charge on any atom is -0.385 e. The van der Waals surface area contributed by atoms with E-state index >= 15 is 0 Å². The van der Waals surface area contributed by atoms with E-state index in [1.165, 1.54) is 27.7 Å². The predicted octanol–water partition coefficient (Wildman–Crippen LogP) is 3.07.